The van der Waals surface area contributed by atoms with Gasteiger partial charge in [0.2, 0.25) is 0 Å². The molecule has 0 aliphatic carbocycles. The Morgan fingerprint density at radius 1 is 1.23 bits per heavy atom. The number of rotatable bonds is 4. The van der Waals surface area contributed by atoms with E-state index in [1.54, 1.807) is 0 Å². The van der Waals surface area contributed by atoms with Crippen LogP contribution in [-0.2, 0) is 13.8 Å². The van der Waals surface area contributed by atoms with Crippen molar-refractivity contribution in [1.82, 2.24) is 19.5 Å². The van der Waals surface area contributed by atoms with Gasteiger partial charge in [0, 0.05) is 0 Å². The molecule has 12 nitrogen and oxygen atoms in total. The minimum absolute atomic E-state index is 0. The number of nitrogens with two attached hydrogens (primary N) is 1. The van der Waals surface area contributed by atoms with Crippen molar-refractivity contribution in [3.05, 3.63) is 12.7 Å². The molecule has 3 heterocycles. The van der Waals surface area contributed by atoms with E-state index in [-0.39, 0.29) is 106 Å². The van der Waals surface area contributed by atoms with Gasteiger partial charge in [0.15, 0.2) is 17.7 Å². The van der Waals surface area contributed by atoms with Gasteiger partial charge in [0.05, 0.1) is 20.8 Å². The summed E-state index contributed by atoms with van der Waals surface area (Å²) in [7, 11) is -5.22. The van der Waals surface area contributed by atoms with Crippen LogP contribution in [0.15, 0.2) is 12.7 Å². The molecule has 0 saturated carbocycles. The van der Waals surface area contributed by atoms with E-state index in [4.69, 9.17) is 10.5 Å². The van der Waals surface area contributed by atoms with Crippen LogP contribution in [0.3, 0.4) is 0 Å². The summed E-state index contributed by atoms with van der Waals surface area (Å²) in [5, 5.41) is 20.0. The van der Waals surface area contributed by atoms with Crippen molar-refractivity contribution in [1.29, 1.82) is 0 Å². The zero-order valence-corrected chi connectivity index (χ0v) is 21.3. The van der Waals surface area contributed by atoms with Gasteiger partial charge >= 0.3 is 88.7 Å². The fourth-order valence-electron chi connectivity index (χ4n) is 2.32. The number of fused-ring (bicyclic) bond motifs is 1. The third kappa shape index (κ3) is 5.92. The summed E-state index contributed by atoms with van der Waals surface area (Å²) in [6, 6.07) is 0. The Labute approximate surface area is 214 Å². The normalized spacial score (nSPS) is 25.2. The van der Waals surface area contributed by atoms with Crippen molar-refractivity contribution < 1.29 is 122 Å². The summed E-state index contributed by atoms with van der Waals surface area (Å²) in [6.45, 7) is -0.719. The minimum Gasteiger partial charge on any atom is -0.790 e. The Morgan fingerprint density at radius 2 is 1.88 bits per heavy atom. The fourth-order valence-corrected chi connectivity index (χ4v) is 2.65. The second-order valence-corrected chi connectivity index (χ2v) is 6.02. The monoisotopic (exact) mass is 414 g/mol. The SMILES string of the molecule is Nc1ncnc2c1ncn2[C@@H]1O[C@H](COP(=O)([O-])[O-])[C@@H](O)[C@H]1O.[Na+].[Na+].[Na+]. The van der Waals surface area contributed by atoms with Gasteiger partial charge in [0.25, 0.3) is 0 Å². The van der Waals surface area contributed by atoms with Gasteiger partial charge in [-0.25, -0.2) is 15.0 Å². The van der Waals surface area contributed by atoms with Gasteiger partial charge in [-0.3, -0.25) is 4.57 Å². The molecule has 0 amide bonds. The first-order valence-electron chi connectivity index (χ1n) is 6.39. The van der Waals surface area contributed by atoms with Crippen molar-refractivity contribution in [3.63, 3.8) is 0 Å². The second kappa shape index (κ2) is 10.9. The first kappa shape index (κ1) is 27.3. The molecule has 1 aliphatic rings. The van der Waals surface area contributed by atoms with Crippen molar-refractivity contribution >= 4 is 24.8 Å². The van der Waals surface area contributed by atoms with Gasteiger partial charge in [-0.1, -0.05) is 0 Å². The molecule has 4 N–H and O–H groups in total. The molecule has 0 bridgehead atoms. The standard InChI is InChI=1S/C10H14N5O7P.3Na/c11-8-5-9(13-2-12-8)15(3-14-5)10-7(17)6(16)4(22-10)1-21-23(18,19)20;;;/h2-4,6-7,10,16-17H,1H2,(H2,11,12,13)(H2,18,19,20);;;/q;3*+1/p-2/t4-,6-,7-,10-;;;/m1.../s1. The summed E-state index contributed by atoms with van der Waals surface area (Å²) in [5.74, 6) is 0.125. The zero-order chi connectivity index (χ0) is 16.8. The fraction of sp³-hybridized carbons (Fsp3) is 0.500. The number of nitrogen functional groups attached to an aromatic ring is 1. The maximum atomic E-state index is 10.5. The largest absolute Gasteiger partial charge is 1.00 e. The number of aromatic nitrogens is 4. The van der Waals surface area contributed by atoms with E-state index in [1.807, 2.05) is 0 Å². The van der Waals surface area contributed by atoms with Crippen LogP contribution in [0, 0.1) is 0 Å². The molecule has 2 aromatic heterocycles. The quantitative estimate of drug-likeness (QED) is 0.318. The zero-order valence-electron chi connectivity index (χ0n) is 14.4. The number of phosphoric ester groups is 1. The van der Waals surface area contributed by atoms with E-state index in [0.717, 1.165) is 0 Å². The third-order valence-electron chi connectivity index (χ3n) is 3.40. The van der Waals surface area contributed by atoms with E-state index in [1.165, 1.54) is 17.2 Å². The van der Waals surface area contributed by atoms with E-state index in [0.29, 0.717) is 0 Å². The second-order valence-electron chi connectivity index (χ2n) is 4.87. The van der Waals surface area contributed by atoms with Gasteiger partial charge in [-0.15, -0.1) is 0 Å². The summed E-state index contributed by atoms with van der Waals surface area (Å²) in [6.07, 6.45) is -2.75. The minimum atomic E-state index is -5.22. The molecule has 26 heavy (non-hydrogen) atoms. The Hall–Kier alpha value is 1.34. The molecule has 0 unspecified atom stereocenters. The first-order chi connectivity index (χ1) is 10.8. The number of imidazole rings is 1. The maximum absolute atomic E-state index is 10.5. The van der Waals surface area contributed by atoms with Gasteiger partial charge in [-0.05, 0) is 0 Å². The molecule has 2 aromatic rings. The maximum Gasteiger partial charge on any atom is 1.00 e. The number of phosphoric acid groups is 1. The number of hydrogen-bond donors (Lipinski definition) is 3. The number of aliphatic hydroxyl groups excluding tert-OH is 2. The van der Waals surface area contributed by atoms with E-state index >= 15 is 0 Å². The van der Waals surface area contributed by atoms with Crippen LogP contribution in [0.1, 0.15) is 6.23 Å². The number of nitrogens with zero attached hydrogens (tertiary/aromatic N) is 4. The smallest absolute Gasteiger partial charge is 0.790 e. The average Bonchev–Trinajstić information content (AvgIpc) is 3.01. The Kier molecular flexibility index (Phi) is 11.5. The van der Waals surface area contributed by atoms with Crippen LogP contribution in [0.5, 0.6) is 0 Å². The van der Waals surface area contributed by atoms with Gasteiger partial charge in [0.1, 0.15) is 30.2 Å². The molecular formula is C10H12N5Na3O7P+. The van der Waals surface area contributed by atoms with E-state index in [2.05, 4.69) is 19.5 Å². The molecule has 0 radical (unpaired) electrons. The molecule has 1 saturated heterocycles. The van der Waals surface area contributed by atoms with Crippen molar-refractivity contribution in [2.75, 3.05) is 12.3 Å². The number of anilines is 1. The van der Waals surface area contributed by atoms with Crippen LogP contribution in [0.25, 0.3) is 11.2 Å². The van der Waals surface area contributed by atoms with Crippen LogP contribution in [0.4, 0.5) is 5.82 Å². The molecule has 1 aliphatic heterocycles. The molecule has 3 rings (SSSR count). The van der Waals surface area contributed by atoms with E-state index < -0.39 is 39.0 Å². The number of ether oxygens (including phenoxy) is 1. The molecule has 0 aromatic carbocycles. The van der Waals surface area contributed by atoms with Gasteiger partial charge in [-0.2, -0.15) is 0 Å². The van der Waals surface area contributed by atoms with Crippen molar-refractivity contribution in [3.8, 4) is 0 Å². The number of aliphatic hydroxyl groups is 2. The summed E-state index contributed by atoms with van der Waals surface area (Å²) in [5.41, 5.74) is 6.19. The Bertz CT molecular complexity index is 777. The molecular weight excluding hydrogens is 402 g/mol. The predicted molar refractivity (Wildman–Crippen MR) is 69.2 cm³/mol. The van der Waals surface area contributed by atoms with Gasteiger partial charge < -0.3 is 39.6 Å². The topological polar surface area (TPSA) is 192 Å². The third-order valence-corrected chi connectivity index (χ3v) is 3.86. The summed E-state index contributed by atoms with van der Waals surface area (Å²) >= 11 is 0. The average molecular weight is 414 g/mol. The number of hydrogen-bond acceptors (Lipinski definition) is 11. The summed E-state index contributed by atoms with van der Waals surface area (Å²) in [4.78, 5) is 32.8. The molecule has 4 atom stereocenters. The van der Waals surface area contributed by atoms with Crippen molar-refractivity contribution in [2.24, 2.45) is 0 Å². The van der Waals surface area contributed by atoms with Crippen LogP contribution >= 0.6 is 7.82 Å². The molecule has 0 spiro atoms. The molecule has 126 valence electrons. The van der Waals surface area contributed by atoms with Crippen molar-refractivity contribution in [2.45, 2.75) is 24.5 Å². The van der Waals surface area contributed by atoms with Crippen LogP contribution in [0.2, 0.25) is 0 Å². The van der Waals surface area contributed by atoms with E-state index in [9.17, 15) is 24.6 Å². The molecule has 1 fully saturated rings. The Morgan fingerprint density at radius 3 is 2.50 bits per heavy atom. The van der Waals surface area contributed by atoms with Crippen LogP contribution < -0.4 is 104 Å². The molecule has 16 heteroatoms. The summed E-state index contributed by atoms with van der Waals surface area (Å²) < 4.78 is 21.3. The Balaban J connectivity index is 0.00000208. The first-order valence-corrected chi connectivity index (χ1v) is 7.85. The van der Waals surface area contributed by atoms with Crippen LogP contribution in [-0.4, -0.2) is 54.7 Å². The predicted octanol–water partition coefficient (Wildman–Crippen LogP) is -12.1.